The monoisotopic (exact) mass is 305 g/mol. The maximum absolute atomic E-state index is 11.6. The summed E-state index contributed by atoms with van der Waals surface area (Å²) in [5.41, 5.74) is 0.207. The van der Waals surface area contributed by atoms with Gasteiger partial charge in [0.15, 0.2) is 5.05 Å². The molecule has 0 aromatic rings. The van der Waals surface area contributed by atoms with Gasteiger partial charge in [0.25, 0.3) is 0 Å². The summed E-state index contributed by atoms with van der Waals surface area (Å²) in [7, 11) is 1.59. The van der Waals surface area contributed by atoms with E-state index >= 15 is 0 Å². The zero-order valence-corrected chi connectivity index (χ0v) is 13.1. The highest BCUT2D eigenvalue weighted by molar-refractivity contribution is 8.00. The molecular weight excluding hydrogens is 282 g/mol. The normalized spacial score (nSPS) is 18.9. The molecule has 1 N–H and O–H groups in total. The second kappa shape index (κ2) is 10.5. The Kier molecular flexibility index (Phi) is 9.20. The molecule has 0 saturated carbocycles. The summed E-state index contributed by atoms with van der Waals surface area (Å²) < 4.78 is 10.5. The van der Waals surface area contributed by atoms with E-state index in [0.29, 0.717) is 17.3 Å². The molecule has 1 rings (SSSR count). The summed E-state index contributed by atoms with van der Waals surface area (Å²) >= 11 is 6.55. The molecule has 0 spiro atoms. The zero-order chi connectivity index (χ0) is 13.9. The van der Waals surface area contributed by atoms with Gasteiger partial charge in [-0.3, -0.25) is 4.79 Å². The number of hydrogen-bond acceptors (Lipinski definition) is 5. The zero-order valence-electron chi connectivity index (χ0n) is 11.5. The van der Waals surface area contributed by atoms with E-state index in [9.17, 15) is 4.79 Å². The highest BCUT2D eigenvalue weighted by Crippen LogP contribution is 2.22. The molecule has 6 heteroatoms. The van der Waals surface area contributed by atoms with E-state index in [1.165, 1.54) is 6.42 Å². The molecule has 4 nitrogen and oxygen atoms in total. The minimum Gasteiger partial charge on any atom is -0.490 e. The van der Waals surface area contributed by atoms with E-state index < -0.39 is 0 Å². The van der Waals surface area contributed by atoms with Crippen LogP contribution in [0.4, 0.5) is 0 Å². The summed E-state index contributed by atoms with van der Waals surface area (Å²) in [6.45, 7) is 1.54. The first-order chi connectivity index (χ1) is 9.22. The summed E-state index contributed by atoms with van der Waals surface area (Å²) in [5, 5.41) is 3.55. The SMILES string of the molecule is COC(=S)CCCCNC(=O)CSC1CCCCO1. The molecule has 110 valence electrons. The van der Waals surface area contributed by atoms with Crippen LogP contribution in [0.2, 0.25) is 0 Å². The van der Waals surface area contributed by atoms with Crippen LogP contribution in [0.25, 0.3) is 0 Å². The fourth-order valence-corrected chi connectivity index (χ4v) is 2.90. The molecule has 0 radical (unpaired) electrons. The maximum atomic E-state index is 11.6. The highest BCUT2D eigenvalue weighted by atomic mass is 32.2. The second-order valence-corrected chi connectivity index (χ2v) is 6.09. The van der Waals surface area contributed by atoms with Crippen LogP contribution in [0.5, 0.6) is 0 Å². The van der Waals surface area contributed by atoms with E-state index in [-0.39, 0.29) is 11.3 Å². The fraction of sp³-hybridized carbons (Fsp3) is 0.846. The molecule has 1 heterocycles. The van der Waals surface area contributed by atoms with Crippen LogP contribution in [0.3, 0.4) is 0 Å². The van der Waals surface area contributed by atoms with Crippen molar-refractivity contribution in [1.29, 1.82) is 0 Å². The molecule has 0 aliphatic carbocycles. The summed E-state index contributed by atoms with van der Waals surface area (Å²) in [6, 6.07) is 0. The lowest BCUT2D eigenvalue weighted by molar-refractivity contribution is -0.118. The lowest BCUT2D eigenvalue weighted by Gasteiger charge is -2.21. The molecule has 1 aliphatic rings. The number of carbonyl (C=O) groups excluding carboxylic acids is 1. The number of thiocarbonyl (C=S) groups is 1. The van der Waals surface area contributed by atoms with Gasteiger partial charge >= 0.3 is 0 Å². The number of ether oxygens (including phenoxy) is 2. The largest absolute Gasteiger partial charge is 0.490 e. The van der Waals surface area contributed by atoms with Crippen LogP contribution >= 0.6 is 24.0 Å². The molecule has 0 bridgehead atoms. The highest BCUT2D eigenvalue weighted by Gasteiger charge is 2.15. The van der Waals surface area contributed by atoms with Crippen LogP contribution in [0, 0.1) is 0 Å². The number of nitrogens with one attached hydrogen (secondary N) is 1. The maximum Gasteiger partial charge on any atom is 0.230 e. The smallest absolute Gasteiger partial charge is 0.230 e. The molecule has 0 aromatic carbocycles. The van der Waals surface area contributed by atoms with Gasteiger partial charge in [-0.05, 0) is 44.3 Å². The molecule has 1 aliphatic heterocycles. The third-order valence-electron chi connectivity index (χ3n) is 2.90. The summed E-state index contributed by atoms with van der Waals surface area (Å²) in [4.78, 5) is 11.6. The first-order valence-corrected chi connectivity index (χ1v) is 8.25. The minimum atomic E-state index is 0.0912. The number of amides is 1. The third kappa shape index (κ3) is 8.44. The van der Waals surface area contributed by atoms with Crippen molar-refractivity contribution < 1.29 is 14.3 Å². The summed E-state index contributed by atoms with van der Waals surface area (Å²) in [6.07, 6.45) is 6.08. The molecule has 1 atom stereocenters. The van der Waals surface area contributed by atoms with Crippen molar-refractivity contribution >= 4 is 34.9 Å². The Labute approximate surface area is 125 Å². The van der Waals surface area contributed by atoms with Gasteiger partial charge in [-0.25, -0.2) is 0 Å². The van der Waals surface area contributed by atoms with Crippen molar-refractivity contribution in [3.8, 4) is 0 Å². The van der Waals surface area contributed by atoms with Gasteiger partial charge in [0.05, 0.1) is 12.9 Å². The van der Waals surface area contributed by atoms with Crippen molar-refractivity contribution in [3.63, 3.8) is 0 Å². The van der Waals surface area contributed by atoms with Crippen LogP contribution in [0.15, 0.2) is 0 Å². The van der Waals surface area contributed by atoms with Gasteiger partial charge in [-0.2, -0.15) is 0 Å². The van der Waals surface area contributed by atoms with Crippen molar-refractivity contribution in [2.24, 2.45) is 0 Å². The van der Waals surface area contributed by atoms with Crippen molar-refractivity contribution in [1.82, 2.24) is 5.32 Å². The Morgan fingerprint density at radius 3 is 3.00 bits per heavy atom. The fourth-order valence-electron chi connectivity index (χ4n) is 1.79. The standard InChI is InChI=1S/C13H23NO3S2/c1-16-12(18)6-2-4-8-14-11(15)10-19-13-7-3-5-9-17-13/h13H,2-10H2,1H3,(H,14,15). The molecule has 19 heavy (non-hydrogen) atoms. The van der Waals surface area contributed by atoms with E-state index in [0.717, 1.165) is 38.7 Å². The molecular formula is C13H23NO3S2. The van der Waals surface area contributed by atoms with Gasteiger partial charge in [-0.1, -0.05) is 0 Å². The minimum absolute atomic E-state index is 0.0912. The first-order valence-electron chi connectivity index (χ1n) is 6.79. The molecule has 1 saturated heterocycles. The lowest BCUT2D eigenvalue weighted by atomic mass is 10.2. The molecule has 1 unspecified atom stereocenters. The van der Waals surface area contributed by atoms with E-state index in [2.05, 4.69) is 5.32 Å². The Morgan fingerprint density at radius 1 is 1.47 bits per heavy atom. The van der Waals surface area contributed by atoms with E-state index in [4.69, 9.17) is 21.7 Å². The van der Waals surface area contributed by atoms with Gasteiger partial charge in [-0.15, -0.1) is 11.8 Å². The molecule has 1 fully saturated rings. The van der Waals surface area contributed by atoms with Gasteiger partial charge in [0, 0.05) is 19.6 Å². The first kappa shape index (κ1) is 16.7. The quantitative estimate of drug-likeness (QED) is 0.551. The number of methoxy groups -OCH3 is 1. The Bertz CT molecular complexity index is 281. The van der Waals surface area contributed by atoms with Crippen molar-refractivity contribution in [2.75, 3.05) is 26.0 Å². The van der Waals surface area contributed by atoms with Crippen molar-refractivity contribution in [3.05, 3.63) is 0 Å². The van der Waals surface area contributed by atoms with Gasteiger partial charge in [0.1, 0.15) is 5.44 Å². The average molecular weight is 305 g/mol. The van der Waals surface area contributed by atoms with Crippen LogP contribution in [-0.4, -0.2) is 42.4 Å². The number of thioether (sulfide) groups is 1. The van der Waals surface area contributed by atoms with E-state index in [1.54, 1.807) is 18.9 Å². The number of carbonyl (C=O) groups is 1. The molecule has 0 aromatic heterocycles. The Hall–Kier alpha value is -0.330. The lowest BCUT2D eigenvalue weighted by Crippen LogP contribution is -2.28. The number of unbranched alkanes of at least 4 members (excludes halogenated alkanes) is 1. The number of hydrogen-bond donors (Lipinski definition) is 1. The van der Waals surface area contributed by atoms with Gasteiger partial charge < -0.3 is 14.8 Å². The van der Waals surface area contributed by atoms with Crippen LogP contribution in [-0.2, 0) is 14.3 Å². The molecule has 1 amide bonds. The Morgan fingerprint density at radius 2 is 2.32 bits per heavy atom. The van der Waals surface area contributed by atoms with Crippen molar-refractivity contribution in [2.45, 2.75) is 44.0 Å². The Balaban J connectivity index is 1.94. The number of rotatable bonds is 8. The second-order valence-electron chi connectivity index (χ2n) is 4.49. The third-order valence-corrected chi connectivity index (χ3v) is 4.44. The van der Waals surface area contributed by atoms with E-state index in [1.807, 2.05) is 0 Å². The predicted molar refractivity (Wildman–Crippen MR) is 82.5 cm³/mol. The van der Waals surface area contributed by atoms with Crippen LogP contribution < -0.4 is 5.32 Å². The predicted octanol–water partition coefficient (Wildman–Crippen LogP) is 2.51. The van der Waals surface area contributed by atoms with Crippen LogP contribution in [0.1, 0.15) is 38.5 Å². The van der Waals surface area contributed by atoms with Gasteiger partial charge in [0.2, 0.25) is 5.91 Å². The average Bonchev–Trinajstić information content (AvgIpc) is 2.45. The topological polar surface area (TPSA) is 47.6 Å². The summed E-state index contributed by atoms with van der Waals surface area (Å²) in [5.74, 6) is 0.578.